The van der Waals surface area contributed by atoms with Gasteiger partial charge in [-0.1, -0.05) is 36.2 Å². The van der Waals surface area contributed by atoms with Gasteiger partial charge in [0.05, 0.1) is 28.9 Å². The Kier molecular flexibility index (Phi) is 5.79. The summed E-state index contributed by atoms with van der Waals surface area (Å²) in [6.07, 6.45) is 1.02. The molecule has 0 saturated carbocycles. The number of hydrogen-bond donors (Lipinski definition) is 1. The van der Waals surface area contributed by atoms with Gasteiger partial charge in [-0.2, -0.15) is 0 Å². The van der Waals surface area contributed by atoms with E-state index in [0.29, 0.717) is 15.9 Å². The van der Waals surface area contributed by atoms with Gasteiger partial charge >= 0.3 is 0 Å². The summed E-state index contributed by atoms with van der Waals surface area (Å²) < 4.78 is 5.04. The van der Waals surface area contributed by atoms with Gasteiger partial charge in [-0.3, -0.25) is 0 Å². The van der Waals surface area contributed by atoms with Crippen molar-refractivity contribution < 1.29 is 4.74 Å². The van der Waals surface area contributed by atoms with Crippen molar-refractivity contribution >= 4 is 23.2 Å². The van der Waals surface area contributed by atoms with Crippen LogP contribution >= 0.6 is 23.2 Å². The van der Waals surface area contributed by atoms with Crippen molar-refractivity contribution in [3.05, 3.63) is 51.6 Å². The maximum atomic E-state index is 6.11. The number of ether oxygens (including phenoxy) is 1. The molecule has 0 aliphatic rings. The Labute approximate surface area is 134 Å². The van der Waals surface area contributed by atoms with Gasteiger partial charge in [0, 0.05) is 6.07 Å². The number of hydrogen-bond acceptors (Lipinski definition) is 4. The van der Waals surface area contributed by atoms with Crippen LogP contribution in [0.4, 0.5) is 0 Å². The molecule has 0 radical (unpaired) electrons. The van der Waals surface area contributed by atoms with E-state index in [-0.39, 0.29) is 6.04 Å². The molecule has 0 spiro atoms. The SMILES string of the molecule is CCCNC(c1ccc(Cl)c(Cl)c1)c1ccc(OC)nn1. The standard InChI is InChI=1S/C15H17Cl2N3O/c1-3-8-18-15(10-4-5-11(16)12(17)9-10)13-6-7-14(21-2)20-19-13/h4-7,9,15,18H,3,8H2,1-2H3. The van der Waals surface area contributed by atoms with Crippen LogP contribution in [0.5, 0.6) is 5.88 Å². The lowest BCUT2D eigenvalue weighted by Crippen LogP contribution is -2.24. The Morgan fingerprint density at radius 1 is 1.14 bits per heavy atom. The quantitative estimate of drug-likeness (QED) is 0.875. The van der Waals surface area contributed by atoms with Crippen LogP contribution in [-0.4, -0.2) is 23.9 Å². The Morgan fingerprint density at radius 2 is 1.95 bits per heavy atom. The maximum Gasteiger partial charge on any atom is 0.233 e. The van der Waals surface area contributed by atoms with Crippen molar-refractivity contribution in [2.75, 3.05) is 13.7 Å². The van der Waals surface area contributed by atoms with E-state index in [0.717, 1.165) is 24.2 Å². The van der Waals surface area contributed by atoms with E-state index in [2.05, 4.69) is 22.4 Å². The maximum absolute atomic E-state index is 6.11. The third-order valence-corrected chi connectivity index (χ3v) is 3.78. The monoisotopic (exact) mass is 325 g/mol. The van der Waals surface area contributed by atoms with Gasteiger partial charge in [0.15, 0.2) is 0 Å². The van der Waals surface area contributed by atoms with E-state index >= 15 is 0 Å². The fourth-order valence-corrected chi connectivity index (χ4v) is 2.27. The highest BCUT2D eigenvalue weighted by atomic mass is 35.5. The topological polar surface area (TPSA) is 47.0 Å². The summed E-state index contributed by atoms with van der Waals surface area (Å²) in [5.74, 6) is 0.488. The summed E-state index contributed by atoms with van der Waals surface area (Å²) in [4.78, 5) is 0. The molecule has 1 aromatic heterocycles. The van der Waals surface area contributed by atoms with Crippen LogP contribution in [0.1, 0.15) is 30.6 Å². The molecule has 0 fully saturated rings. The molecule has 1 aromatic carbocycles. The minimum atomic E-state index is -0.0851. The minimum Gasteiger partial charge on any atom is -0.480 e. The first-order valence-electron chi connectivity index (χ1n) is 6.71. The zero-order chi connectivity index (χ0) is 15.2. The predicted molar refractivity (Wildman–Crippen MR) is 85.2 cm³/mol. The van der Waals surface area contributed by atoms with E-state index in [1.54, 1.807) is 19.2 Å². The van der Waals surface area contributed by atoms with Gasteiger partial charge in [0.1, 0.15) is 0 Å². The average molecular weight is 326 g/mol. The van der Waals surface area contributed by atoms with Crippen LogP contribution in [0, 0.1) is 0 Å². The van der Waals surface area contributed by atoms with Crippen LogP contribution in [0.2, 0.25) is 10.0 Å². The molecule has 1 N–H and O–H groups in total. The molecule has 2 rings (SSSR count). The van der Waals surface area contributed by atoms with Crippen molar-refractivity contribution in [1.82, 2.24) is 15.5 Å². The molecule has 1 unspecified atom stereocenters. The molecule has 0 saturated heterocycles. The molecule has 2 aromatic rings. The highest BCUT2D eigenvalue weighted by Gasteiger charge is 2.16. The van der Waals surface area contributed by atoms with Crippen molar-refractivity contribution in [1.29, 1.82) is 0 Å². The number of methoxy groups -OCH3 is 1. The second kappa shape index (κ2) is 7.59. The number of benzene rings is 1. The Morgan fingerprint density at radius 3 is 2.52 bits per heavy atom. The molecular formula is C15H17Cl2N3O. The van der Waals surface area contributed by atoms with E-state index < -0.39 is 0 Å². The molecule has 1 heterocycles. The highest BCUT2D eigenvalue weighted by Crippen LogP contribution is 2.28. The lowest BCUT2D eigenvalue weighted by molar-refractivity contribution is 0.390. The molecule has 0 amide bonds. The predicted octanol–water partition coefficient (Wildman–Crippen LogP) is 3.88. The summed E-state index contributed by atoms with van der Waals surface area (Å²) in [5.41, 5.74) is 1.81. The van der Waals surface area contributed by atoms with Gasteiger partial charge in [-0.15, -0.1) is 10.2 Å². The van der Waals surface area contributed by atoms with Gasteiger partial charge in [-0.05, 0) is 36.7 Å². The van der Waals surface area contributed by atoms with Crippen LogP contribution in [0.3, 0.4) is 0 Å². The van der Waals surface area contributed by atoms with E-state index in [1.807, 2.05) is 18.2 Å². The molecule has 0 aliphatic carbocycles. The molecule has 4 nitrogen and oxygen atoms in total. The summed E-state index contributed by atoms with van der Waals surface area (Å²) in [7, 11) is 1.56. The zero-order valence-corrected chi connectivity index (χ0v) is 13.4. The summed E-state index contributed by atoms with van der Waals surface area (Å²) >= 11 is 12.1. The molecule has 0 bridgehead atoms. The number of aromatic nitrogens is 2. The lowest BCUT2D eigenvalue weighted by atomic mass is 10.0. The first-order valence-corrected chi connectivity index (χ1v) is 7.47. The molecule has 21 heavy (non-hydrogen) atoms. The number of nitrogens with one attached hydrogen (secondary N) is 1. The highest BCUT2D eigenvalue weighted by molar-refractivity contribution is 6.42. The molecule has 6 heteroatoms. The lowest BCUT2D eigenvalue weighted by Gasteiger charge is -2.18. The molecule has 0 aliphatic heterocycles. The smallest absolute Gasteiger partial charge is 0.233 e. The minimum absolute atomic E-state index is 0.0851. The van der Waals surface area contributed by atoms with Crippen molar-refractivity contribution in [2.45, 2.75) is 19.4 Å². The second-order valence-electron chi connectivity index (χ2n) is 4.56. The fourth-order valence-electron chi connectivity index (χ4n) is 1.97. The molecule has 1 atom stereocenters. The average Bonchev–Trinajstić information content (AvgIpc) is 2.51. The third kappa shape index (κ3) is 4.06. The van der Waals surface area contributed by atoms with E-state index in [9.17, 15) is 0 Å². The summed E-state index contributed by atoms with van der Waals surface area (Å²) in [6.45, 7) is 2.97. The fraction of sp³-hybridized carbons (Fsp3) is 0.333. The largest absolute Gasteiger partial charge is 0.480 e. The van der Waals surface area contributed by atoms with Gasteiger partial charge in [0.2, 0.25) is 5.88 Å². The first-order chi connectivity index (χ1) is 10.2. The second-order valence-corrected chi connectivity index (χ2v) is 5.38. The van der Waals surface area contributed by atoms with Gasteiger partial charge in [-0.25, -0.2) is 0 Å². The Balaban J connectivity index is 2.33. The van der Waals surface area contributed by atoms with E-state index in [1.165, 1.54) is 0 Å². The number of rotatable bonds is 6. The first kappa shape index (κ1) is 16.0. The summed E-state index contributed by atoms with van der Waals surface area (Å²) in [5, 5.41) is 12.7. The molecular weight excluding hydrogens is 309 g/mol. The van der Waals surface area contributed by atoms with Crippen LogP contribution in [-0.2, 0) is 0 Å². The van der Waals surface area contributed by atoms with Crippen molar-refractivity contribution in [2.24, 2.45) is 0 Å². The van der Waals surface area contributed by atoms with E-state index in [4.69, 9.17) is 27.9 Å². The Hall–Kier alpha value is -1.36. The zero-order valence-electron chi connectivity index (χ0n) is 11.9. The number of halogens is 2. The van der Waals surface area contributed by atoms with Crippen LogP contribution in [0.25, 0.3) is 0 Å². The van der Waals surface area contributed by atoms with Gasteiger partial charge < -0.3 is 10.1 Å². The normalized spacial score (nSPS) is 12.2. The van der Waals surface area contributed by atoms with Crippen molar-refractivity contribution in [3.8, 4) is 5.88 Å². The van der Waals surface area contributed by atoms with Crippen molar-refractivity contribution in [3.63, 3.8) is 0 Å². The van der Waals surface area contributed by atoms with Gasteiger partial charge in [0.25, 0.3) is 0 Å². The van der Waals surface area contributed by atoms with Crippen LogP contribution in [0.15, 0.2) is 30.3 Å². The Bertz CT molecular complexity index is 590. The van der Waals surface area contributed by atoms with Crippen LogP contribution < -0.4 is 10.1 Å². The molecule has 112 valence electrons. The third-order valence-electron chi connectivity index (χ3n) is 3.04. The summed E-state index contributed by atoms with van der Waals surface area (Å²) in [6, 6.07) is 9.17. The number of nitrogens with zero attached hydrogens (tertiary/aromatic N) is 2.